The molecule has 0 aliphatic carbocycles. The highest BCUT2D eigenvalue weighted by Crippen LogP contribution is 2.32. The number of carbonyl (C=O) groups excluding carboxylic acids is 2. The van der Waals surface area contributed by atoms with Gasteiger partial charge in [0.25, 0.3) is 0 Å². The number of pyridine rings is 1. The Morgan fingerprint density at radius 3 is 1.84 bits per heavy atom. The summed E-state index contributed by atoms with van der Waals surface area (Å²) in [6, 6.07) is 15.0. The van der Waals surface area contributed by atoms with E-state index in [4.69, 9.17) is 18.9 Å². The Balaban J connectivity index is 1.80. The molecule has 0 fully saturated rings. The number of hydrogen-bond donors (Lipinski definition) is 2. The maximum atomic E-state index is 12.9. The fourth-order valence-electron chi connectivity index (χ4n) is 3.92. The molecular weight excluding hydrogens is 480 g/mol. The number of carbonyl (C=O) groups is 2. The molecule has 3 aromatic rings. The maximum Gasteiger partial charge on any atom is 0.328 e. The predicted molar refractivity (Wildman–Crippen MR) is 134 cm³/mol. The smallest absolute Gasteiger partial charge is 0.328 e. The lowest BCUT2D eigenvalue weighted by Crippen LogP contribution is -2.46. The minimum Gasteiger partial charge on any atom is -0.618 e. The standard InChI is InChI=1S/C27H30N2O8/c1-16(28-26(31)24-25(30)22(36-5)14-15-29(24)33)27(32)37-17(2)23(18-6-10-20(34-3)11-7-18)19-8-12-21(35-4)13-9-19/h6-17,23,30H,1-5H3,(H,28,31)/t16-,17-/m0/s1. The fourth-order valence-corrected chi connectivity index (χ4v) is 3.92. The van der Waals surface area contributed by atoms with E-state index in [0.717, 1.165) is 17.3 Å². The predicted octanol–water partition coefficient (Wildman–Crippen LogP) is 2.93. The average molecular weight is 511 g/mol. The van der Waals surface area contributed by atoms with Crippen LogP contribution in [-0.4, -0.2) is 50.5 Å². The van der Waals surface area contributed by atoms with Gasteiger partial charge in [-0.25, -0.2) is 4.79 Å². The highest BCUT2D eigenvalue weighted by Gasteiger charge is 2.31. The summed E-state index contributed by atoms with van der Waals surface area (Å²) < 4.78 is 21.4. The first-order valence-corrected chi connectivity index (χ1v) is 11.5. The van der Waals surface area contributed by atoms with Gasteiger partial charge in [0.2, 0.25) is 5.75 Å². The molecule has 1 heterocycles. The molecular formula is C27H30N2O8. The van der Waals surface area contributed by atoms with E-state index in [1.807, 2.05) is 48.5 Å². The minimum atomic E-state index is -1.12. The number of rotatable bonds is 10. The molecule has 0 aliphatic rings. The summed E-state index contributed by atoms with van der Waals surface area (Å²) in [4.78, 5) is 25.6. The van der Waals surface area contributed by atoms with E-state index in [1.165, 1.54) is 20.1 Å². The van der Waals surface area contributed by atoms with Gasteiger partial charge in [-0.05, 0) is 49.2 Å². The molecule has 1 aromatic heterocycles. The van der Waals surface area contributed by atoms with Crippen molar-refractivity contribution < 1.29 is 38.4 Å². The molecule has 0 saturated heterocycles. The molecule has 37 heavy (non-hydrogen) atoms. The van der Waals surface area contributed by atoms with E-state index in [1.54, 1.807) is 21.1 Å². The number of benzene rings is 2. The van der Waals surface area contributed by atoms with Crippen LogP contribution in [0.5, 0.6) is 23.0 Å². The van der Waals surface area contributed by atoms with E-state index in [9.17, 15) is 19.9 Å². The zero-order valence-corrected chi connectivity index (χ0v) is 21.3. The molecule has 0 aliphatic heterocycles. The first-order chi connectivity index (χ1) is 17.7. The van der Waals surface area contributed by atoms with Gasteiger partial charge in [0.1, 0.15) is 23.6 Å². The Morgan fingerprint density at radius 2 is 1.38 bits per heavy atom. The molecule has 0 bridgehead atoms. The topological polar surface area (TPSA) is 130 Å². The van der Waals surface area contributed by atoms with Gasteiger partial charge >= 0.3 is 17.6 Å². The number of aromatic nitrogens is 1. The van der Waals surface area contributed by atoms with Crippen molar-refractivity contribution in [2.24, 2.45) is 0 Å². The van der Waals surface area contributed by atoms with Crippen molar-refractivity contribution in [1.82, 2.24) is 5.32 Å². The van der Waals surface area contributed by atoms with Crippen LogP contribution in [0.2, 0.25) is 0 Å². The fraction of sp³-hybridized carbons (Fsp3) is 0.296. The van der Waals surface area contributed by atoms with Crippen LogP contribution in [-0.2, 0) is 9.53 Å². The number of nitrogens with zero attached hydrogens (tertiary/aromatic N) is 1. The lowest BCUT2D eigenvalue weighted by Gasteiger charge is -2.26. The third-order valence-corrected chi connectivity index (χ3v) is 5.90. The monoisotopic (exact) mass is 510 g/mol. The van der Waals surface area contributed by atoms with Gasteiger partial charge in [-0.2, -0.15) is 4.73 Å². The third-order valence-electron chi connectivity index (χ3n) is 5.90. The van der Waals surface area contributed by atoms with Crippen molar-refractivity contribution in [3.05, 3.63) is 82.8 Å². The van der Waals surface area contributed by atoms with Gasteiger partial charge in [0.05, 0.1) is 21.3 Å². The number of hydrogen-bond acceptors (Lipinski definition) is 8. The molecule has 0 unspecified atom stereocenters. The summed E-state index contributed by atoms with van der Waals surface area (Å²) in [6.07, 6.45) is 0.385. The third kappa shape index (κ3) is 6.21. The van der Waals surface area contributed by atoms with Gasteiger partial charge in [-0.15, -0.1) is 0 Å². The van der Waals surface area contributed by atoms with E-state index in [2.05, 4.69) is 5.32 Å². The zero-order chi connectivity index (χ0) is 27.1. The van der Waals surface area contributed by atoms with E-state index in [0.29, 0.717) is 11.5 Å². The van der Waals surface area contributed by atoms with E-state index < -0.39 is 35.5 Å². The first-order valence-electron chi connectivity index (χ1n) is 11.5. The Morgan fingerprint density at radius 1 is 0.865 bits per heavy atom. The highest BCUT2D eigenvalue weighted by molar-refractivity contribution is 5.96. The molecule has 196 valence electrons. The number of ether oxygens (including phenoxy) is 4. The highest BCUT2D eigenvalue weighted by atomic mass is 16.5. The second kappa shape index (κ2) is 12.0. The van der Waals surface area contributed by atoms with Crippen LogP contribution in [0.3, 0.4) is 0 Å². The van der Waals surface area contributed by atoms with Crippen LogP contribution in [0, 0.1) is 5.21 Å². The summed E-state index contributed by atoms with van der Waals surface area (Å²) in [6.45, 7) is 3.18. The van der Waals surface area contributed by atoms with Crippen molar-refractivity contribution in [1.29, 1.82) is 0 Å². The van der Waals surface area contributed by atoms with Crippen molar-refractivity contribution >= 4 is 11.9 Å². The van der Waals surface area contributed by atoms with Crippen LogP contribution in [0.15, 0.2) is 60.8 Å². The van der Waals surface area contributed by atoms with Gasteiger partial charge in [0.15, 0.2) is 11.9 Å². The number of amides is 1. The second-order valence-electron chi connectivity index (χ2n) is 8.27. The van der Waals surface area contributed by atoms with Crippen LogP contribution in [0.4, 0.5) is 0 Å². The summed E-state index contributed by atoms with van der Waals surface area (Å²) in [5.41, 5.74) is 1.18. The summed E-state index contributed by atoms with van der Waals surface area (Å²) in [5.74, 6) is -1.31. The van der Waals surface area contributed by atoms with Crippen molar-refractivity contribution in [2.45, 2.75) is 31.9 Å². The molecule has 2 atom stereocenters. The summed E-state index contributed by atoms with van der Waals surface area (Å²) in [7, 11) is 4.45. The molecule has 2 N–H and O–H groups in total. The lowest BCUT2D eigenvalue weighted by molar-refractivity contribution is -0.608. The van der Waals surface area contributed by atoms with Crippen molar-refractivity contribution in [2.75, 3.05) is 21.3 Å². The Labute approximate surface area is 214 Å². The lowest BCUT2D eigenvalue weighted by atomic mass is 9.87. The molecule has 2 aromatic carbocycles. The van der Waals surface area contributed by atoms with Crippen LogP contribution in [0.1, 0.15) is 41.4 Å². The van der Waals surface area contributed by atoms with Gasteiger partial charge in [-0.3, -0.25) is 4.79 Å². The quantitative estimate of drug-likeness (QED) is 0.242. The first kappa shape index (κ1) is 27.1. The Kier molecular flexibility index (Phi) is 8.78. The maximum absolute atomic E-state index is 12.9. The number of methoxy groups -OCH3 is 3. The molecule has 0 saturated carbocycles. The van der Waals surface area contributed by atoms with Crippen molar-refractivity contribution in [3.8, 4) is 23.0 Å². The van der Waals surface area contributed by atoms with Crippen LogP contribution >= 0.6 is 0 Å². The van der Waals surface area contributed by atoms with Gasteiger partial charge < -0.3 is 34.6 Å². The molecule has 10 heteroatoms. The van der Waals surface area contributed by atoms with Gasteiger partial charge in [-0.1, -0.05) is 24.3 Å². The van der Waals surface area contributed by atoms with Crippen LogP contribution < -0.4 is 24.3 Å². The molecule has 3 rings (SSSR count). The normalized spacial score (nSPS) is 12.4. The SMILES string of the molecule is COc1ccc(C(c2ccc(OC)cc2)[C@H](C)OC(=O)[C@H](C)NC(=O)c2c(O)c(OC)cc[n+]2[O-])cc1. The Bertz CT molecular complexity index is 1180. The Hall–Kier alpha value is -4.47. The van der Waals surface area contributed by atoms with E-state index in [-0.39, 0.29) is 16.4 Å². The average Bonchev–Trinajstić information content (AvgIpc) is 2.89. The van der Waals surface area contributed by atoms with Gasteiger partial charge in [0, 0.05) is 12.0 Å². The second-order valence-corrected chi connectivity index (χ2v) is 8.27. The van der Waals surface area contributed by atoms with Crippen LogP contribution in [0.25, 0.3) is 0 Å². The molecule has 10 nitrogen and oxygen atoms in total. The zero-order valence-electron chi connectivity index (χ0n) is 21.3. The largest absolute Gasteiger partial charge is 0.618 e. The molecule has 0 radical (unpaired) electrons. The molecule has 0 spiro atoms. The van der Waals surface area contributed by atoms with Crippen molar-refractivity contribution in [3.63, 3.8) is 0 Å². The number of nitrogens with one attached hydrogen (secondary N) is 1. The van der Waals surface area contributed by atoms with E-state index >= 15 is 0 Å². The summed E-state index contributed by atoms with van der Waals surface area (Å²) >= 11 is 0. The number of esters is 1. The summed E-state index contributed by atoms with van der Waals surface area (Å²) in [5, 5.41) is 24.7. The number of aromatic hydroxyl groups is 1. The molecule has 1 amide bonds. The minimum absolute atomic E-state index is 0.0528.